The number of carbonyl (C=O) groups excluding carboxylic acids is 1. The first-order chi connectivity index (χ1) is 11.3. The molecule has 0 aliphatic heterocycles. The predicted molar refractivity (Wildman–Crippen MR) is 92.7 cm³/mol. The topological polar surface area (TPSA) is 75.6 Å². The minimum atomic E-state index is -0.978. The van der Waals surface area contributed by atoms with Crippen molar-refractivity contribution in [2.75, 3.05) is 11.9 Å². The maximum Gasteiger partial charge on any atom is 0.313 e. The summed E-state index contributed by atoms with van der Waals surface area (Å²) in [5, 5.41) is 12.0. The Labute approximate surface area is 141 Å². The van der Waals surface area contributed by atoms with E-state index >= 15 is 0 Å². The molecule has 24 heavy (non-hydrogen) atoms. The zero-order valence-corrected chi connectivity index (χ0v) is 14.0. The molecular formula is C19H21NO4. The Balaban J connectivity index is 2.12. The molecule has 2 aromatic carbocycles. The standard InChI is InChI=1S/C19H21NO4/c1-4-24-16-7-5-6-13(12-16)17(21)20-15-10-8-14(9-11-15)19(2,3)18(22)23/h5-12H,4H2,1-3H3,(H,20,21)(H,22,23). The summed E-state index contributed by atoms with van der Waals surface area (Å²) in [4.78, 5) is 23.6. The number of nitrogens with one attached hydrogen (secondary N) is 1. The molecule has 0 fully saturated rings. The van der Waals surface area contributed by atoms with Gasteiger partial charge in [-0.15, -0.1) is 0 Å². The molecule has 0 aliphatic carbocycles. The van der Waals surface area contributed by atoms with Gasteiger partial charge in [-0.25, -0.2) is 0 Å². The third-order valence-electron chi connectivity index (χ3n) is 3.81. The minimum Gasteiger partial charge on any atom is -0.494 e. The van der Waals surface area contributed by atoms with E-state index in [1.807, 2.05) is 6.92 Å². The lowest BCUT2D eigenvalue weighted by atomic mass is 9.85. The number of carbonyl (C=O) groups is 2. The van der Waals surface area contributed by atoms with Gasteiger partial charge in [0.1, 0.15) is 5.75 Å². The second kappa shape index (κ2) is 7.17. The van der Waals surface area contributed by atoms with Crippen LogP contribution in [0.4, 0.5) is 5.69 Å². The van der Waals surface area contributed by atoms with Crippen LogP contribution in [0.25, 0.3) is 0 Å². The maximum absolute atomic E-state index is 12.3. The van der Waals surface area contributed by atoms with Crippen molar-refractivity contribution in [1.29, 1.82) is 0 Å². The first-order valence-corrected chi connectivity index (χ1v) is 7.72. The average Bonchev–Trinajstić information content (AvgIpc) is 2.56. The lowest BCUT2D eigenvalue weighted by molar-refractivity contribution is -0.142. The van der Waals surface area contributed by atoms with Crippen molar-refractivity contribution >= 4 is 17.6 Å². The highest BCUT2D eigenvalue weighted by molar-refractivity contribution is 6.04. The molecule has 0 spiro atoms. The van der Waals surface area contributed by atoms with Gasteiger partial charge < -0.3 is 15.2 Å². The second-order valence-corrected chi connectivity index (χ2v) is 5.92. The van der Waals surface area contributed by atoms with Gasteiger partial charge in [0.05, 0.1) is 12.0 Å². The number of anilines is 1. The van der Waals surface area contributed by atoms with Gasteiger partial charge in [-0.3, -0.25) is 9.59 Å². The van der Waals surface area contributed by atoms with Gasteiger partial charge >= 0.3 is 5.97 Å². The number of rotatable bonds is 6. The van der Waals surface area contributed by atoms with Gasteiger partial charge in [0.15, 0.2) is 0 Å². The molecule has 0 aliphatic rings. The van der Waals surface area contributed by atoms with E-state index in [1.165, 1.54) is 0 Å². The number of carboxylic acids is 1. The number of benzene rings is 2. The Morgan fingerprint density at radius 2 is 1.79 bits per heavy atom. The van der Waals surface area contributed by atoms with E-state index in [0.717, 1.165) is 0 Å². The van der Waals surface area contributed by atoms with Crippen molar-refractivity contribution < 1.29 is 19.4 Å². The third-order valence-corrected chi connectivity index (χ3v) is 3.81. The molecule has 126 valence electrons. The van der Waals surface area contributed by atoms with E-state index in [0.29, 0.717) is 29.2 Å². The van der Waals surface area contributed by atoms with Crippen LogP contribution in [-0.2, 0) is 10.2 Å². The van der Waals surface area contributed by atoms with Gasteiger partial charge in [-0.1, -0.05) is 18.2 Å². The van der Waals surface area contributed by atoms with Crippen LogP contribution in [0.1, 0.15) is 36.7 Å². The predicted octanol–water partition coefficient (Wildman–Crippen LogP) is 3.70. The summed E-state index contributed by atoms with van der Waals surface area (Å²) in [5.41, 5.74) is 0.794. The maximum atomic E-state index is 12.3. The summed E-state index contributed by atoms with van der Waals surface area (Å²) in [6.07, 6.45) is 0. The molecule has 0 radical (unpaired) electrons. The largest absolute Gasteiger partial charge is 0.494 e. The van der Waals surface area contributed by atoms with Gasteiger partial charge in [0.25, 0.3) is 5.91 Å². The highest BCUT2D eigenvalue weighted by Crippen LogP contribution is 2.25. The van der Waals surface area contributed by atoms with E-state index in [9.17, 15) is 14.7 Å². The summed E-state index contributed by atoms with van der Waals surface area (Å²) < 4.78 is 5.39. The quantitative estimate of drug-likeness (QED) is 0.848. The summed E-state index contributed by atoms with van der Waals surface area (Å²) in [6.45, 7) is 5.70. The minimum absolute atomic E-state index is 0.248. The van der Waals surface area contributed by atoms with E-state index in [1.54, 1.807) is 62.4 Å². The van der Waals surface area contributed by atoms with Crippen LogP contribution >= 0.6 is 0 Å². The molecule has 2 aromatic rings. The van der Waals surface area contributed by atoms with E-state index in [4.69, 9.17) is 4.74 Å². The molecule has 5 heteroatoms. The molecule has 2 rings (SSSR count). The molecule has 0 saturated heterocycles. The average molecular weight is 327 g/mol. The molecule has 0 heterocycles. The smallest absolute Gasteiger partial charge is 0.313 e. The highest BCUT2D eigenvalue weighted by Gasteiger charge is 2.29. The lowest BCUT2D eigenvalue weighted by Gasteiger charge is -2.19. The first-order valence-electron chi connectivity index (χ1n) is 7.72. The van der Waals surface area contributed by atoms with Crippen LogP contribution < -0.4 is 10.1 Å². The summed E-state index contributed by atoms with van der Waals surface area (Å²) in [7, 11) is 0. The number of hydrogen-bond acceptors (Lipinski definition) is 3. The zero-order chi connectivity index (χ0) is 17.7. The molecular weight excluding hydrogens is 306 g/mol. The SMILES string of the molecule is CCOc1cccc(C(=O)Nc2ccc(C(C)(C)C(=O)O)cc2)c1. The fourth-order valence-corrected chi connectivity index (χ4v) is 2.19. The van der Waals surface area contributed by atoms with Crippen LogP contribution in [0.15, 0.2) is 48.5 Å². The fourth-order valence-electron chi connectivity index (χ4n) is 2.19. The fraction of sp³-hybridized carbons (Fsp3) is 0.263. The van der Waals surface area contributed by atoms with Gasteiger partial charge in [0, 0.05) is 11.3 Å². The highest BCUT2D eigenvalue weighted by atomic mass is 16.5. The van der Waals surface area contributed by atoms with Crippen molar-refractivity contribution in [2.45, 2.75) is 26.2 Å². The van der Waals surface area contributed by atoms with Crippen LogP contribution in [0.5, 0.6) is 5.75 Å². The monoisotopic (exact) mass is 327 g/mol. The number of aliphatic carboxylic acids is 1. The number of hydrogen-bond donors (Lipinski definition) is 2. The van der Waals surface area contributed by atoms with Crippen molar-refractivity contribution in [3.8, 4) is 5.75 Å². The summed E-state index contributed by atoms with van der Waals surface area (Å²) in [6, 6.07) is 13.8. The molecule has 5 nitrogen and oxygen atoms in total. The van der Waals surface area contributed by atoms with Crippen molar-refractivity contribution in [3.05, 3.63) is 59.7 Å². The van der Waals surface area contributed by atoms with Crippen LogP contribution in [0.3, 0.4) is 0 Å². The van der Waals surface area contributed by atoms with Crippen molar-refractivity contribution in [3.63, 3.8) is 0 Å². The van der Waals surface area contributed by atoms with E-state index in [2.05, 4.69) is 5.32 Å². The first kappa shape index (κ1) is 17.5. The molecule has 0 saturated carbocycles. The molecule has 0 aromatic heterocycles. The van der Waals surface area contributed by atoms with Crippen LogP contribution in [0, 0.1) is 0 Å². The number of ether oxygens (including phenoxy) is 1. The Hall–Kier alpha value is -2.82. The van der Waals surface area contributed by atoms with E-state index < -0.39 is 11.4 Å². The van der Waals surface area contributed by atoms with Crippen LogP contribution in [-0.4, -0.2) is 23.6 Å². The van der Waals surface area contributed by atoms with E-state index in [-0.39, 0.29) is 5.91 Å². The van der Waals surface area contributed by atoms with Gasteiger partial charge in [0.2, 0.25) is 0 Å². The Morgan fingerprint density at radius 1 is 1.12 bits per heavy atom. The molecule has 0 unspecified atom stereocenters. The number of carboxylic acid groups (broad SMARTS) is 1. The van der Waals surface area contributed by atoms with Gasteiger partial charge in [-0.05, 0) is 56.7 Å². The molecule has 0 atom stereocenters. The zero-order valence-electron chi connectivity index (χ0n) is 14.0. The number of amides is 1. The second-order valence-electron chi connectivity index (χ2n) is 5.92. The van der Waals surface area contributed by atoms with Crippen molar-refractivity contribution in [1.82, 2.24) is 0 Å². The summed E-state index contributed by atoms with van der Waals surface area (Å²) >= 11 is 0. The molecule has 2 N–H and O–H groups in total. The third kappa shape index (κ3) is 3.93. The van der Waals surface area contributed by atoms with Crippen molar-refractivity contribution in [2.24, 2.45) is 0 Å². The Bertz CT molecular complexity index is 735. The summed E-state index contributed by atoms with van der Waals surface area (Å²) in [5.74, 6) is -0.502. The lowest BCUT2D eigenvalue weighted by Crippen LogP contribution is -2.28. The molecule has 0 bridgehead atoms. The van der Waals surface area contributed by atoms with Gasteiger partial charge in [-0.2, -0.15) is 0 Å². The molecule has 1 amide bonds. The van der Waals surface area contributed by atoms with Crippen LogP contribution in [0.2, 0.25) is 0 Å². The Kier molecular flexibility index (Phi) is 5.24. The normalized spacial score (nSPS) is 11.0. The Morgan fingerprint density at radius 3 is 2.38 bits per heavy atom.